The maximum atomic E-state index is 13.5. The number of aromatic hydroxyl groups is 1. The third kappa shape index (κ3) is 4.04. The summed E-state index contributed by atoms with van der Waals surface area (Å²) >= 11 is 0. The van der Waals surface area contributed by atoms with E-state index in [2.05, 4.69) is 31.0 Å². The average molecular weight is 562 g/mol. The van der Waals surface area contributed by atoms with Crippen LogP contribution in [0.2, 0.25) is 0 Å². The molecule has 0 saturated carbocycles. The summed E-state index contributed by atoms with van der Waals surface area (Å²) in [6.07, 6.45) is 12.1. The zero-order chi connectivity index (χ0) is 29.0. The van der Waals surface area contributed by atoms with E-state index in [9.17, 15) is 19.5 Å². The number of pyridine rings is 1. The van der Waals surface area contributed by atoms with Gasteiger partial charge in [0.1, 0.15) is 17.9 Å². The van der Waals surface area contributed by atoms with Crippen LogP contribution in [0, 0.1) is 18.8 Å². The number of aromatic nitrogens is 5. The van der Waals surface area contributed by atoms with Crippen molar-refractivity contribution in [2.45, 2.75) is 6.92 Å². The number of carbonyl (C=O) groups excluding carboxylic acids is 3. The van der Waals surface area contributed by atoms with Gasteiger partial charge in [0, 0.05) is 49.6 Å². The number of aryl methyl sites for hydroxylation is 1. The SMILES string of the molecule is Cc1ncn(-c2ncc(O)c3c(C(=O)C(=O)N4CCN(C5=C(c6ccccc6)C(=O)C6C=CC=CC56)CC4)c[nH]c23)n1. The first-order chi connectivity index (χ1) is 20.4. The monoisotopic (exact) mass is 561 g/mol. The van der Waals surface area contributed by atoms with Gasteiger partial charge in [-0.05, 0) is 12.5 Å². The van der Waals surface area contributed by atoms with Crippen LogP contribution in [-0.2, 0) is 9.59 Å². The molecule has 3 aromatic heterocycles. The summed E-state index contributed by atoms with van der Waals surface area (Å²) in [4.78, 5) is 55.5. The van der Waals surface area contributed by atoms with Crippen LogP contribution in [0.5, 0.6) is 5.75 Å². The fourth-order valence-electron chi connectivity index (χ4n) is 6.17. The maximum absolute atomic E-state index is 13.5. The van der Waals surface area contributed by atoms with Gasteiger partial charge in [-0.3, -0.25) is 14.4 Å². The second kappa shape index (κ2) is 9.95. The van der Waals surface area contributed by atoms with Gasteiger partial charge >= 0.3 is 0 Å². The molecule has 7 rings (SSSR count). The normalized spacial score (nSPS) is 20.1. The molecule has 4 heterocycles. The Morgan fingerprint density at radius 2 is 1.74 bits per heavy atom. The smallest absolute Gasteiger partial charge is 0.295 e. The van der Waals surface area contributed by atoms with Gasteiger partial charge in [0.2, 0.25) is 0 Å². The number of allylic oxidation sites excluding steroid dienone is 5. The molecule has 1 amide bonds. The molecule has 4 aromatic rings. The van der Waals surface area contributed by atoms with Gasteiger partial charge in [-0.1, -0.05) is 54.6 Å². The lowest BCUT2D eigenvalue weighted by Crippen LogP contribution is -2.50. The minimum Gasteiger partial charge on any atom is -0.506 e. The zero-order valence-electron chi connectivity index (χ0n) is 22.8. The Morgan fingerprint density at radius 3 is 2.45 bits per heavy atom. The average Bonchev–Trinajstić information content (AvgIpc) is 3.74. The Labute approximate surface area is 240 Å². The highest BCUT2D eigenvalue weighted by atomic mass is 16.3. The molecular formula is C31H27N7O4. The topological polar surface area (TPSA) is 137 Å². The maximum Gasteiger partial charge on any atom is 0.295 e. The number of nitrogens with zero attached hydrogens (tertiary/aromatic N) is 6. The largest absolute Gasteiger partial charge is 0.506 e. The Morgan fingerprint density at radius 1 is 1.00 bits per heavy atom. The Kier molecular flexibility index (Phi) is 6.07. The quantitative estimate of drug-likeness (QED) is 0.280. The summed E-state index contributed by atoms with van der Waals surface area (Å²) in [7, 11) is 0. The van der Waals surface area contributed by atoms with Gasteiger partial charge in [-0.25, -0.2) is 14.6 Å². The summed E-state index contributed by atoms with van der Waals surface area (Å²) in [6.45, 7) is 3.34. The van der Waals surface area contributed by atoms with Crippen molar-refractivity contribution in [2.75, 3.05) is 26.2 Å². The Bertz CT molecular complexity index is 1840. The van der Waals surface area contributed by atoms with Crippen LogP contribution in [-0.4, -0.2) is 83.3 Å². The first-order valence-electron chi connectivity index (χ1n) is 13.8. The molecule has 1 fully saturated rings. The van der Waals surface area contributed by atoms with E-state index >= 15 is 0 Å². The number of Topliss-reactive ketones (excluding diaryl/α,β-unsaturated/α-hetero) is 2. The molecule has 11 nitrogen and oxygen atoms in total. The van der Waals surface area contributed by atoms with Gasteiger partial charge in [0.05, 0.1) is 28.6 Å². The van der Waals surface area contributed by atoms with Crippen molar-refractivity contribution in [3.8, 4) is 11.6 Å². The highest BCUT2D eigenvalue weighted by molar-refractivity contribution is 6.45. The fraction of sp³-hybridized carbons (Fsp3) is 0.226. The van der Waals surface area contributed by atoms with E-state index in [1.54, 1.807) is 6.92 Å². The number of carbonyl (C=O) groups is 3. The molecule has 0 spiro atoms. The molecular weight excluding hydrogens is 534 g/mol. The molecule has 1 aliphatic heterocycles. The van der Waals surface area contributed by atoms with E-state index in [-0.39, 0.29) is 34.3 Å². The predicted molar refractivity (Wildman–Crippen MR) is 154 cm³/mol. The molecule has 1 aromatic carbocycles. The van der Waals surface area contributed by atoms with Crippen molar-refractivity contribution in [3.05, 3.63) is 96.0 Å². The van der Waals surface area contributed by atoms with Crippen molar-refractivity contribution in [1.82, 2.24) is 34.5 Å². The highest BCUT2D eigenvalue weighted by Crippen LogP contribution is 2.44. The van der Waals surface area contributed by atoms with E-state index in [0.29, 0.717) is 43.3 Å². The van der Waals surface area contributed by atoms with Gasteiger partial charge < -0.3 is 19.9 Å². The molecule has 2 aliphatic carbocycles. The second-order valence-corrected chi connectivity index (χ2v) is 10.6. The molecule has 2 unspecified atom stereocenters. The van der Waals surface area contributed by atoms with Crippen molar-refractivity contribution in [1.29, 1.82) is 0 Å². The number of rotatable bonds is 5. The number of benzene rings is 1. The second-order valence-electron chi connectivity index (χ2n) is 10.6. The van der Waals surface area contributed by atoms with Gasteiger partial charge in [-0.15, -0.1) is 0 Å². The number of piperazine rings is 1. The van der Waals surface area contributed by atoms with Crippen LogP contribution in [0.3, 0.4) is 0 Å². The van der Waals surface area contributed by atoms with E-state index in [4.69, 9.17) is 0 Å². The van der Waals surface area contributed by atoms with Gasteiger partial charge in [0.25, 0.3) is 11.7 Å². The minimum absolute atomic E-state index is 0.0626. The van der Waals surface area contributed by atoms with Crippen LogP contribution in [0.15, 0.2) is 79.1 Å². The van der Waals surface area contributed by atoms with E-state index in [1.165, 1.54) is 28.3 Å². The van der Waals surface area contributed by atoms with Crippen LogP contribution < -0.4 is 0 Å². The number of aromatic amines is 1. The van der Waals surface area contributed by atoms with Crippen molar-refractivity contribution >= 4 is 33.9 Å². The Hall–Kier alpha value is -5.32. The van der Waals surface area contributed by atoms with Crippen LogP contribution >= 0.6 is 0 Å². The summed E-state index contributed by atoms with van der Waals surface area (Å²) in [6, 6.07) is 9.70. The van der Waals surface area contributed by atoms with Crippen LogP contribution in [0.25, 0.3) is 22.3 Å². The number of H-pyrrole nitrogens is 1. The molecule has 2 atom stereocenters. The molecule has 3 aliphatic rings. The van der Waals surface area contributed by atoms with Crippen molar-refractivity contribution in [3.63, 3.8) is 0 Å². The Balaban J connectivity index is 1.14. The van der Waals surface area contributed by atoms with E-state index in [1.807, 2.05) is 48.6 Å². The zero-order valence-corrected chi connectivity index (χ0v) is 22.8. The number of ketones is 2. The summed E-state index contributed by atoms with van der Waals surface area (Å²) in [5.41, 5.74) is 3.01. The molecule has 2 N–H and O–H groups in total. The number of nitrogens with one attached hydrogen (secondary N) is 1. The first kappa shape index (κ1) is 25.6. The predicted octanol–water partition coefficient (Wildman–Crippen LogP) is 2.84. The lowest BCUT2D eigenvalue weighted by molar-refractivity contribution is -0.127. The van der Waals surface area contributed by atoms with E-state index in [0.717, 1.165) is 16.8 Å². The van der Waals surface area contributed by atoms with Gasteiger partial charge in [-0.2, -0.15) is 5.10 Å². The lowest BCUT2D eigenvalue weighted by atomic mass is 9.88. The molecule has 1 saturated heterocycles. The third-order valence-electron chi connectivity index (χ3n) is 8.16. The molecule has 42 heavy (non-hydrogen) atoms. The summed E-state index contributed by atoms with van der Waals surface area (Å²) in [5, 5.41) is 15.1. The van der Waals surface area contributed by atoms with E-state index < -0.39 is 11.7 Å². The molecule has 0 radical (unpaired) electrons. The minimum atomic E-state index is -0.724. The number of fused-ring (bicyclic) bond motifs is 2. The number of amides is 1. The van der Waals surface area contributed by atoms with Gasteiger partial charge in [0.15, 0.2) is 11.6 Å². The highest BCUT2D eigenvalue weighted by Gasteiger charge is 2.43. The molecule has 11 heteroatoms. The molecule has 0 bridgehead atoms. The first-order valence-corrected chi connectivity index (χ1v) is 13.8. The third-order valence-corrected chi connectivity index (χ3v) is 8.16. The standard InChI is InChI=1S/C31H27N7O4/c1-18-34-17-38(35-18)30-26-25(23(39)16-33-30)22(15-32-26)29(41)31(42)37-13-11-36(12-14-37)27-20-9-5-6-10-21(20)28(40)24(27)19-7-3-2-4-8-19/h2-10,15-17,20-21,32,39H,11-14H2,1H3. The molecule has 210 valence electrons. The van der Waals surface area contributed by atoms with Crippen molar-refractivity contribution in [2.24, 2.45) is 11.8 Å². The summed E-state index contributed by atoms with van der Waals surface area (Å²) in [5.74, 6) is -0.907. The van der Waals surface area contributed by atoms with Crippen LogP contribution in [0.4, 0.5) is 0 Å². The lowest BCUT2D eigenvalue weighted by Gasteiger charge is -2.38. The number of hydrogen-bond donors (Lipinski definition) is 2. The summed E-state index contributed by atoms with van der Waals surface area (Å²) < 4.78 is 1.44. The number of hydrogen-bond acceptors (Lipinski definition) is 8. The van der Waals surface area contributed by atoms with Crippen molar-refractivity contribution < 1.29 is 19.5 Å². The fourth-order valence-corrected chi connectivity index (χ4v) is 6.17. The van der Waals surface area contributed by atoms with Crippen LogP contribution in [0.1, 0.15) is 21.7 Å².